The lowest BCUT2D eigenvalue weighted by Crippen LogP contribution is -2.13. The van der Waals surface area contributed by atoms with Crippen molar-refractivity contribution >= 4 is 17.6 Å². The summed E-state index contributed by atoms with van der Waals surface area (Å²) < 4.78 is 4.97. The van der Waals surface area contributed by atoms with Gasteiger partial charge in [0.15, 0.2) is 0 Å². The van der Waals surface area contributed by atoms with E-state index in [1.807, 2.05) is 6.07 Å². The van der Waals surface area contributed by atoms with Gasteiger partial charge in [0.05, 0.1) is 5.69 Å². The highest BCUT2D eigenvalue weighted by atomic mass is 16.5. The van der Waals surface area contributed by atoms with Crippen molar-refractivity contribution in [1.82, 2.24) is 5.16 Å². The first-order chi connectivity index (χ1) is 9.97. The lowest BCUT2D eigenvalue weighted by atomic mass is 10.1. The number of hydrogen-bond acceptors (Lipinski definition) is 4. The molecule has 1 heterocycles. The molecule has 1 aromatic heterocycles. The fourth-order valence-corrected chi connectivity index (χ4v) is 2.06. The topological polar surface area (TPSA) is 92.4 Å². The van der Waals surface area contributed by atoms with Gasteiger partial charge in [0.1, 0.15) is 11.3 Å². The van der Waals surface area contributed by atoms with Crippen LogP contribution in [0, 0.1) is 13.8 Å². The van der Waals surface area contributed by atoms with Gasteiger partial charge in [0, 0.05) is 12.1 Å². The fraction of sp³-hybridized carbons (Fsp3) is 0.267. The van der Waals surface area contributed by atoms with E-state index in [-0.39, 0.29) is 12.3 Å². The Morgan fingerprint density at radius 3 is 2.71 bits per heavy atom. The third kappa shape index (κ3) is 3.68. The number of nitrogens with one attached hydrogen (secondary N) is 1. The van der Waals surface area contributed by atoms with Crippen molar-refractivity contribution in [2.45, 2.75) is 26.7 Å². The summed E-state index contributed by atoms with van der Waals surface area (Å²) in [6.07, 6.45) is 0.478. The van der Waals surface area contributed by atoms with Crippen LogP contribution in [0.2, 0.25) is 0 Å². The number of anilines is 1. The summed E-state index contributed by atoms with van der Waals surface area (Å²) in [6.45, 7) is 3.38. The molecule has 110 valence electrons. The highest BCUT2D eigenvalue weighted by Crippen LogP contribution is 2.17. The summed E-state index contributed by atoms with van der Waals surface area (Å²) >= 11 is 0. The molecule has 0 fully saturated rings. The van der Waals surface area contributed by atoms with Gasteiger partial charge in [0.2, 0.25) is 0 Å². The van der Waals surface area contributed by atoms with Gasteiger partial charge in [-0.15, -0.1) is 0 Å². The summed E-state index contributed by atoms with van der Waals surface area (Å²) in [5.41, 5.74) is 2.43. The Kier molecular flexibility index (Phi) is 4.37. The van der Waals surface area contributed by atoms with Gasteiger partial charge in [-0.05, 0) is 38.0 Å². The van der Waals surface area contributed by atoms with Crippen LogP contribution in [0.5, 0.6) is 0 Å². The monoisotopic (exact) mass is 288 g/mol. The van der Waals surface area contributed by atoms with E-state index in [0.717, 1.165) is 5.56 Å². The summed E-state index contributed by atoms with van der Waals surface area (Å²) in [7, 11) is 0. The highest BCUT2D eigenvalue weighted by molar-refractivity contribution is 6.05. The lowest BCUT2D eigenvalue weighted by Gasteiger charge is -2.07. The minimum atomic E-state index is -0.847. The van der Waals surface area contributed by atoms with Crippen LogP contribution in [0.15, 0.2) is 28.8 Å². The predicted molar refractivity (Wildman–Crippen MR) is 76.3 cm³/mol. The first kappa shape index (κ1) is 14.8. The zero-order valence-corrected chi connectivity index (χ0v) is 11.8. The molecule has 6 nitrogen and oxygen atoms in total. The van der Waals surface area contributed by atoms with Crippen molar-refractivity contribution in [3.63, 3.8) is 0 Å². The number of aromatic nitrogens is 1. The number of carbonyl (C=O) groups excluding carboxylic acids is 1. The Labute approximate surface area is 121 Å². The first-order valence-corrected chi connectivity index (χ1v) is 6.52. The van der Waals surface area contributed by atoms with E-state index in [9.17, 15) is 9.59 Å². The molecule has 1 aromatic carbocycles. The average Bonchev–Trinajstić information content (AvgIpc) is 2.76. The minimum absolute atomic E-state index is 0.0568. The van der Waals surface area contributed by atoms with Gasteiger partial charge >= 0.3 is 5.97 Å². The van der Waals surface area contributed by atoms with E-state index in [1.165, 1.54) is 0 Å². The number of nitrogens with zero attached hydrogens (tertiary/aromatic N) is 1. The third-order valence-corrected chi connectivity index (χ3v) is 3.07. The zero-order valence-electron chi connectivity index (χ0n) is 11.8. The molecule has 6 heteroatoms. The number of benzene rings is 1. The Bertz CT molecular complexity index is 657. The molecule has 1 amide bonds. The summed E-state index contributed by atoms with van der Waals surface area (Å²) in [5, 5.41) is 15.2. The molecule has 0 saturated heterocycles. The summed E-state index contributed by atoms with van der Waals surface area (Å²) in [5.74, 6) is -0.672. The Morgan fingerprint density at radius 2 is 2.10 bits per heavy atom. The predicted octanol–water partition coefficient (Wildman–Crippen LogP) is 2.56. The number of hydrogen-bond donors (Lipinski definition) is 2. The second kappa shape index (κ2) is 6.21. The van der Waals surface area contributed by atoms with Gasteiger partial charge in [0.25, 0.3) is 5.91 Å². The van der Waals surface area contributed by atoms with Gasteiger partial charge in [-0.3, -0.25) is 9.59 Å². The van der Waals surface area contributed by atoms with Crippen molar-refractivity contribution in [1.29, 1.82) is 0 Å². The average molecular weight is 288 g/mol. The number of amides is 1. The molecule has 0 aliphatic heterocycles. The van der Waals surface area contributed by atoms with Gasteiger partial charge in [-0.25, -0.2) is 0 Å². The second-order valence-corrected chi connectivity index (χ2v) is 4.75. The van der Waals surface area contributed by atoms with Crippen LogP contribution < -0.4 is 5.32 Å². The van der Waals surface area contributed by atoms with Crippen LogP contribution in [0.3, 0.4) is 0 Å². The normalized spacial score (nSPS) is 10.4. The number of carbonyl (C=O) groups is 2. The molecule has 0 saturated carbocycles. The van der Waals surface area contributed by atoms with Crippen LogP contribution in [0.25, 0.3) is 0 Å². The van der Waals surface area contributed by atoms with Crippen molar-refractivity contribution in [2.24, 2.45) is 0 Å². The van der Waals surface area contributed by atoms with E-state index < -0.39 is 5.97 Å². The van der Waals surface area contributed by atoms with Crippen molar-refractivity contribution in [2.75, 3.05) is 5.32 Å². The maximum atomic E-state index is 12.2. The van der Waals surface area contributed by atoms with Crippen LogP contribution in [-0.2, 0) is 11.2 Å². The molecule has 0 aliphatic carbocycles. The highest BCUT2D eigenvalue weighted by Gasteiger charge is 2.17. The van der Waals surface area contributed by atoms with E-state index in [2.05, 4.69) is 10.5 Å². The Hall–Kier alpha value is -2.63. The van der Waals surface area contributed by atoms with Gasteiger partial charge in [-0.1, -0.05) is 17.3 Å². The number of rotatable bonds is 5. The third-order valence-electron chi connectivity index (χ3n) is 3.07. The zero-order chi connectivity index (χ0) is 15.4. The van der Waals surface area contributed by atoms with E-state index in [4.69, 9.17) is 9.63 Å². The van der Waals surface area contributed by atoms with E-state index >= 15 is 0 Å². The van der Waals surface area contributed by atoms with E-state index in [1.54, 1.807) is 32.0 Å². The molecule has 0 atom stereocenters. The van der Waals surface area contributed by atoms with Crippen molar-refractivity contribution in [3.05, 3.63) is 46.8 Å². The minimum Gasteiger partial charge on any atom is -0.481 e. The van der Waals surface area contributed by atoms with E-state index in [0.29, 0.717) is 29.1 Å². The van der Waals surface area contributed by atoms with Crippen LogP contribution in [0.4, 0.5) is 5.69 Å². The van der Waals surface area contributed by atoms with Crippen molar-refractivity contribution in [3.8, 4) is 0 Å². The maximum absolute atomic E-state index is 12.2. The summed E-state index contributed by atoms with van der Waals surface area (Å²) in [4.78, 5) is 22.8. The van der Waals surface area contributed by atoms with Crippen LogP contribution in [-0.4, -0.2) is 22.1 Å². The number of aliphatic carboxylic acids is 1. The summed E-state index contributed by atoms with van der Waals surface area (Å²) in [6, 6.07) is 7.12. The number of carboxylic acids is 1. The molecule has 2 aromatic rings. The molecule has 0 radical (unpaired) electrons. The van der Waals surface area contributed by atoms with Gasteiger partial charge < -0.3 is 14.9 Å². The van der Waals surface area contributed by atoms with Crippen LogP contribution in [0.1, 0.15) is 33.8 Å². The first-order valence-electron chi connectivity index (χ1n) is 6.52. The molecule has 0 bridgehead atoms. The Morgan fingerprint density at radius 1 is 1.33 bits per heavy atom. The van der Waals surface area contributed by atoms with Gasteiger partial charge in [-0.2, -0.15) is 0 Å². The van der Waals surface area contributed by atoms with Crippen molar-refractivity contribution < 1.29 is 19.2 Å². The standard InChI is InChI=1S/C15H16N2O4/c1-9-14(10(2)21-17-9)15(20)16-12-5-3-4-11(8-12)6-7-13(18)19/h3-5,8H,6-7H2,1-2H3,(H,16,20)(H,18,19). The molecular weight excluding hydrogens is 272 g/mol. The van der Waals surface area contributed by atoms with Crippen LogP contribution >= 0.6 is 0 Å². The maximum Gasteiger partial charge on any atom is 0.303 e. The largest absolute Gasteiger partial charge is 0.481 e. The Balaban J connectivity index is 2.11. The fourth-order valence-electron chi connectivity index (χ4n) is 2.06. The SMILES string of the molecule is Cc1noc(C)c1C(=O)Nc1cccc(CCC(=O)O)c1. The number of aryl methyl sites for hydroxylation is 3. The molecule has 2 rings (SSSR count). The smallest absolute Gasteiger partial charge is 0.303 e. The molecule has 0 spiro atoms. The quantitative estimate of drug-likeness (QED) is 0.882. The second-order valence-electron chi connectivity index (χ2n) is 4.75. The molecule has 21 heavy (non-hydrogen) atoms. The molecular formula is C15H16N2O4. The molecule has 2 N–H and O–H groups in total. The lowest BCUT2D eigenvalue weighted by molar-refractivity contribution is -0.136. The number of carboxylic acid groups (broad SMARTS) is 1. The molecule has 0 aliphatic rings. The molecule has 0 unspecified atom stereocenters.